The van der Waals surface area contributed by atoms with Gasteiger partial charge in [-0.2, -0.15) is 0 Å². The lowest BCUT2D eigenvalue weighted by Gasteiger charge is -2.44. The lowest BCUT2D eigenvalue weighted by atomic mass is 9.80. The number of methoxy groups -OCH3 is 1. The summed E-state index contributed by atoms with van der Waals surface area (Å²) in [6.45, 7) is 5.39. The fraction of sp³-hybridized carbons (Fsp3) is 0.609. The third-order valence-electron chi connectivity index (χ3n) is 5.72. The quantitative estimate of drug-likeness (QED) is 0.526. The highest BCUT2D eigenvalue weighted by Crippen LogP contribution is 2.35. The Kier molecular flexibility index (Phi) is 7.44. The molecule has 0 radical (unpaired) electrons. The predicted octanol–water partition coefficient (Wildman–Crippen LogP) is 3.86. The van der Waals surface area contributed by atoms with Crippen molar-refractivity contribution < 1.29 is 24.2 Å². The number of hydrogen-bond acceptors (Lipinski definition) is 4. The number of carbonyl (C=O) groups is 3. The van der Waals surface area contributed by atoms with Crippen LogP contribution in [0.3, 0.4) is 0 Å². The van der Waals surface area contributed by atoms with Crippen LogP contribution in [0.4, 0.5) is 0 Å². The minimum atomic E-state index is -1.28. The summed E-state index contributed by atoms with van der Waals surface area (Å²) in [5.74, 6) is -1.38. The van der Waals surface area contributed by atoms with Crippen molar-refractivity contribution in [2.45, 2.75) is 71.3 Å². The predicted molar refractivity (Wildman–Crippen MR) is 111 cm³/mol. The summed E-state index contributed by atoms with van der Waals surface area (Å²) in [6.07, 6.45) is 4.55. The van der Waals surface area contributed by atoms with E-state index in [1.165, 1.54) is 4.90 Å². The summed E-state index contributed by atoms with van der Waals surface area (Å²) in [6, 6.07) is 7.83. The molecule has 1 heterocycles. The number of nitrogens with zero attached hydrogens (tertiary/aromatic N) is 1. The molecule has 1 fully saturated rings. The Hall–Kier alpha value is -2.37. The maximum atomic E-state index is 12.9. The van der Waals surface area contributed by atoms with Gasteiger partial charge in [0.05, 0.1) is 7.11 Å². The van der Waals surface area contributed by atoms with Crippen LogP contribution < -0.4 is 4.74 Å². The number of aliphatic carboxylic acids is 1. The Morgan fingerprint density at radius 1 is 1.10 bits per heavy atom. The van der Waals surface area contributed by atoms with E-state index >= 15 is 0 Å². The number of piperidine rings is 1. The van der Waals surface area contributed by atoms with E-state index in [0.29, 0.717) is 25.8 Å². The van der Waals surface area contributed by atoms with Gasteiger partial charge in [0.25, 0.3) is 5.91 Å². The highest BCUT2D eigenvalue weighted by Gasteiger charge is 2.49. The van der Waals surface area contributed by atoms with Gasteiger partial charge in [0.1, 0.15) is 11.3 Å². The summed E-state index contributed by atoms with van der Waals surface area (Å²) < 4.78 is 5.16. The second-order valence-electron chi connectivity index (χ2n) is 8.88. The number of Topliss-reactive ketones (excluding diaryl/α,β-unsaturated/α-hetero) is 1. The number of aryl methyl sites for hydroxylation is 1. The van der Waals surface area contributed by atoms with Gasteiger partial charge < -0.3 is 14.7 Å². The fourth-order valence-electron chi connectivity index (χ4n) is 3.90. The fourth-order valence-corrected chi connectivity index (χ4v) is 3.90. The highest BCUT2D eigenvalue weighted by atomic mass is 16.5. The first-order valence-corrected chi connectivity index (χ1v) is 10.3. The van der Waals surface area contributed by atoms with Crippen LogP contribution in [-0.2, 0) is 20.8 Å². The molecule has 1 saturated heterocycles. The van der Waals surface area contributed by atoms with E-state index in [9.17, 15) is 19.5 Å². The zero-order chi connectivity index (χ0) is 21.7. The van der Waals surface area contributed by atoms with Gasteiger partial charge in [-0.1, -0.05) is 39.3 Å². The SMILES string of the molecule is COc1ccc(CCCCC2(C(=O)O)CCCCN2C(=O)C(=O)C(C)(C)C)cc1. The number of rotatable bonds is 8. The van der Waals surface area contributed by atoms with Crippen molar-refractivity contribution in [3.8, 4) is 5.75 Å². The van der Waals surface area contributed by atoms with Crippen LogP contribution in [0.1, 0.15) is 64.9 Å². The highest BCUT2D eigenvalue weighted by molar-refractivity contribution is 6.38. The average molecular weight is 404 g/mol. The molecule has 0 bridgehead atoms. The van der Waals surface area contributed by atoms with Crippen molar-refractivity contribution in [3.63, 3.8) is 0 Å². The maximum Gasteiger partial charge on any atom is 0.329 e. The molecule has 160 valence electrons. The van der Waals surface area contributed by atoms with Gasteiger partial charge in [-0.3, -0.25) is 9.59 Å². The number of benzene rings is 1. The van der Waals surface area contributed by atoms with Crippen LogP contribution in [0.5, 0.6) is 5.75 Å². The van der Waals surface area contributed by atoms with Crippen molar-refractivity contribution in [2.75, 3.05) is 13.7 Å². The topological polar surface area (TPSA) is 83.9 Å². The molecule has 6 heteroatoms. The van der Waals surface area contributed by atoms with Crippen molar-refractivity contribution in [1.29, 1.82) is 0 Å². The van der Waals surface area contributed by atoms with E-state index in [-0.39, 0.29) is 0 Å². The number of hydrogen-bond donors (Lipinski definition) is 1. The minimum Gasteiger partial charge on any atom is -0.497 e. The van der Waals surface area contributed by atoms with Crippen molar-refractivity contribution in [2.24, 2.45) is 5.41 Å². The molecule has 0 saturated carbocycles. The minimum absolute atomic E-state index is 0.325. The van der Waals surface area contributed by atoms with Gasteiger partial charge in [-0.05, 0) is 56.2 Å². The molecular formula is C23H33NO5. The Morgan fingerprint density at radius 2 is 1.76 bits per heavy atom. The molecule has 6 nitrogen and oxygen atoms in total. The van der Waals surface area contributed by atoms with Gasteiger partial charge in [0.2, 0.25) is 5.78 Å². The van der Waals surface area contributed by atoms with Crippen molar-refractivity contribution >= 4 is 17.7 Å². The molecule has 0 spiro atoms. The number of unbranched alkanes of at least 4 members (excludes halogenated alkanes) is 1. The van der Waals surface area contributed by atoms with E-state index in [2.05, 4.69) is 0 Å². The van der Waals surface area contributed by atoms with Crippen LogP contribution in [0.2, 0.25) is 0 Å². The van der Waals surface area contributed by atoms with E-state index < -0.39 is 28.6 Å². The first-order chi connectivity index (χ1) is 13.6. The Balaban J connectivity index is 2.07. The number of likely N-dealkylation sites (tertiary alicyclic amines) is 1. The molecule has 1 unspecified atom stereocenters. The van der Waals surface area contributed by atoms with Crippen LogP contribution >= 0.6 is 0 Å². The number of amides is 1. The molecule has 1 amide bonds. The molecule has 29 heavy (non-hydrogen) atoms. The number of carboxylic acids is 1. The Labute approximate surface area is 173 Å². The third kappa shape index (κ3) is 5.37. The Morgan fingerprint density at radius 3 is 2.31 bits per heavy atom. The summed E-state index contributed by atoms with van der Waals surface area (Å²) in [5.41, 5.74) is -0.946. The first kappa shape index (κ1) is 22.9. The van der Waals surface area contributed by atoms with Crippen LogP contribution in [0, 0.1) is 5.41 Å². The normalized spacial score (nSPS) is 19.7. The summed E-state index contributed by atoms with van der Waals surface area (Å²) in [7, 11) is 1.63. The third-order valence-corrected chi connectivity index (χ3v) is 5.72. The second kappa shape index (κ2) is 9.42. The molecule has 0 aromatic heterocycles. The van der Waals surface area contributed by atoms with E-state index in [1.54, 1.807) is 27.9 Å². The molecule has 1 aliphatic heterocycles. The molecule has 1 aromatic rings. The van der Waals surface area contributed by atoms with Gasteiger partial charge in [-0.15, -0.1) is 0 Å². The zero-order valence-electron chi connectivity index (χ0n) is 18.0. The molecule has 1 aliphatic rings. The van der Waals surface area contributed by atoms with Gasteiger partial charge >= 0.3 is 5.97 Å². The second-order valence-corrected chi connectivity index (χ2v) is 8.88. The summed E-state index contributed by atoms with van der Waals surface area (Å²) in [5, 5.41) is 10.0. The van der Waals surface area contributed by atoms with Crippen LogP contribution in [0.15, 0.2) is 24.3 Å². The lowest BCUT2D eigenvalue weighted by molar-refractivity contribution is -0.167. The number of carbonyl (C=O) groups excluding carboxylic acids is 2. The molecule has 0 aliphatic carbocycles. The van der Waals surface area contributed by atoms with Crippen LogP contribution in [0.25, 0.3) is 0 Å². The standard InChI is InChI=1S/C23H33NO5/c1-22(2,3)19(25)20(26)24-16-8-7-15-23(24,21(27)28)14-6-5-9-17-10-12-18(29-4)13-11-17/h10-13H,5-9,14-16H2,1-4H3,(H,27,28). The Bertz CT molecular complexity index is 735. The number of carboxylic acid groups (broad SMARTS) is 1. The number of ether oxygens (including phenoxy) is 1. The zero-order valence-corrected chi connectivity index (χ0v) is 18.0. The molecule has 1 atom stereocenters. The number of ketones is 1. The summed E-state index contributed by atoms with van der Waals surface area (Å²) >= 11 is 0. The van der Waals surface area contributed by atoms with Crippen molar-refractivity contribution in [3.05, 3.63) is 29.8 Å². The first-order valence-electron chi connectivity index (χ1n) is 10.3. The van der Waals surface area contributed by atoms with E-state index in [1.807, 2.05) is 24.3 Å². The smallest absolute Gasteiger partial charge is 0.329 e. The average Bonchev–Trinajstić information content (AvgIpc) is 2.70. The van der Waals surface area contributed by atoms with Crippen molar-refractivity contribution in [1.82, 2.24) is 4.90 Å². The van der Waals surface area contributed by atoms with Gasteiger partial charge in [0, 0.05) is 12.0 Å². The van der Waals surface area contributed by atoms with Gasteiger partial charge in [0.15, 0.2) is 0 Å². The molecule has 2 rings (SSSR count). The molecule has 1 N–H and O–H groups in total. The molecule has 1 aromatic carbocycles. The van der Waals surface area contributed by atoms with Crippen LogP contribution in [-0.4, -0.2) is 46.9 Å². The molecular weight excluding hydrogens is 370 g/mol. The monoisotopic (exact) mass is 403 g/mol. The summed E-state index contributed by atoms with van der Waals surface area (Å²) in [4.78, 5) is 39.1. The maximum absolute atomic E-state index is 12.9. The largest absolute Gasteiger partial charge is 0.497 e. The lowest BCUT2D eigenvalue weighted by Crippen LogP contribution is -2.61. The van der Waals surface area contributed by atoms with E-state index in [4.69, 9.17) is 4.74 Å². The van der Waals surface area contributed by atoms with Gasteiger partial charge in [-0.25, -0.2) is 4.79 Å². The van der Waals surface area contributed by atoms with E-state index in [0.717, 1.165) is 37.0 Å².